The molecule has 0 spiro atoms. The van der Waals surface area contributed by atoms with Crippen molar-refractivity contribution in [2.45, 2.75) is 30.7 Å². The molecule has 0 radical (unpaired) electrons. The highest BCUT2D eigenvalue weighted by Crippen LogP contribution is 2.31. The summed E-state index contributed by atoms with van der Waals surface area (Å²) in [6, 6.07) is 12.1. The largest absolute Gasteiger partial charge is 0.337 e. The molecule has 32 heavy (non-hydrogen) atoms. The Labute approximate surface area is 194 Å². The van der Waals surface area contributed by atoms with Crippen molar-refractivity contribution >= 4 is 29.0 Å². The van der Waals surface area contributed by atoms with Gasteiger partial charge < -0.3 is 4.90 Å². The Bertz CT molecular complexity index is 1230. The lowest BCUT2D eigenvalue weighted by atomic mass is 10.2. The normalized spacial score (nSPS) is 13.6. The predicted octanol–water partition coefficient (Wildman–Crippen LogP) is 4.62. The zero-order chi connectivity index (χ0) is 21.9. The number of likely N-dealkylation sites (tertiary alicyclic amines) is 1. The number of amides is 1. The molecule has 3 aromatic heterocycles. The maximum absolute atomic E-state index is 12.6. The third-order valence-corrected chi connectivity index (χ3v) is 7.39. The number of hydrogen-bond acceptors (Lipinski definition) is 7. The molecule has 9 heteroatoms. The lowest BCUT2D eigenvalue weighted by Crippen LogP contribution is -2.27. The second-order valence-corrected chi connectivity index (χ2v) is 9.46. The zero-order valence-electron chi connectivity index (χ0n) is 17.6. The summed E-state index contributed by atoms with van der Waals surface area (Å²) in [6.07, 6.45) is 5.67. The van der Waals surface area contributed by atoms with Crippen molar-refractivity contribution in [3.05, 3.63) is 70.4 Å². The van der Waals surface area contributed by atoms with Gasteiger partial charge in [0.25, 0.3) is 5.91 Å². The fraction of sp³-hybridized carbons (Fsp3) is 0.261. The smallest absolute Gasteiger partial charge is 0.273 e. The first-order chi connectivity index (χ1) is 15.7. The van der Waals surface area contributed by atoms with Gasteiger partial charge in [0.2, 0.25) is 0 Å². The van der Waals surface area contributed by atoms with Gasteiger partial charge in [-0.3, -0.25) is 14.3 Å². The molecule has 5 rings (SSSR count). The number of rotatable bonds is 6. The summed E-state index contributed by atoms with van der Waals surface area (Å²) >= 11 is 3.09. The molecule has 0 unspecified atom stereocenters. The van der Waals surface area contributed by atoms with E-state index in [1.807, 2.05) is 34.5 Å². The van der Waals surface area contributed by atoms with Gasteiger partial charge in [0.15, 0.2) is 11.0 Å². The second-order valence-electron chi connectivity index (χ2n) is 7.58. The molecule has 1 aromatic carbocycles. The molecular formula is C23H22N6OS2. The molecule has 4 aromatic rings. The highest BCUT2D eigenvalue weighted by molar-refractivity contribution is 7.98. The molecule has 1 saturated heterocycles. The minimum absolute atomic E-state index is 0.0399. The van der Waals surface area contributed by atoms with Gasteiger partial charge in [-0.25, -0.2) is 4.98 Å². The fourth-order valence-electron chi connectivity index (χ4n) is 3.77. The van der Waals surface area contributed by atoms with Gasteiger partial charge in [-0.15, -0.1) is 21.5 Å². The Morgan fingerprint density at radius 1 is 1.09 bits per heavy atom. The number of carbonyl (C=O) groups excluding carboxylic acids is 1. The topological polar surface area (TPSA) is 76.8 Å². The monoisotopic (exact) mass is 462 g/mol. The van der Waals surface area contributed by atoms with Gasteiger partial charge in [-0.1, -0.05) is 30.0 Å². The van der Waals surface area contributed by atoms with Crippen LogP contribution >= 0.6 is 23.1 Å². The number of nitrogens with zero attached hydrogens (tertiary/aromatic N) is 6. The van der Waals surface area contributed by atoms with Crippen LogP contribution in [0, 0.1) is 6.92 Å². The summed E-state index contributed by atoms with van der Waals surface area (Å²) < 4.78 is 2.08. The van der Waals surface area contributed by atoms with Crippen molar-refractivity contribution < 1.29 is 4.79 Å². The third-order valence-electron chi connectivity index (χ3n) is 5.42. The van der Waals surface area contributed by atoms with Crippen molar-refractivity contribution in [1.29, 1.82) is 0 Å². The van der Waals surface area contributed by atoms with E-state index in [4.69, 9.17) is 0 Å². The Morgan fingerprint density at radius 3 is 2.66 bits per heavy atom. The van der Waals surface area contributed by atoms with Crippen LogP contribution in [0.15, 0.2) is 59.3 Å². The Kier molecular flexibility index (Phi) is 6.00. The Morgan fingerprint density at radius 2 is 1.88 bits per heavy atom. The van der Waals surface area contributed by atoms with Crippen molar-refractivity contribution in [2.75, 3.05) is 13.1 Å². The molecule has 0 N–H and O–H groups in total. The molecule has 4 heterocycles. The third kappa shape index (κ3) is 4.18. The van der Waals surface area contributed by atoms with E-state index in [0.717, 1.165) is 58.7 Å². The van der Waals surface area contributed by atoms with Crippen LogP contribution in [0.4, 0.5) is 0 Å². The number of hydrogen-bond donors (Lipinski definition) is 0. The number of carbonyl (C=O) groups is 1. The molecule has 0 saturated carbocycles. The quantitative estimate of drug-likeness (QED) is 0.389. The number of thiazole rings is 1. The molecule has 7 nitrogen and oxygen atoms in total. The summed E-state index contributed by atoms with van der Waals surface area (Å²) in [5.74, 6) is 1.43. The van der Waals surface area contributed by atoms with Gasteiger partial charge in [0, 0.05) is 36.4 Å². The van der Waals surface area contributed by atoms with Crippen molar-refractivity contribution in [3.8, 4) is 17.1 Å². The van der Waals surface area contributed by atoms with Crippen LogP contribution in [-0.2, 0) is 5.75 Å². The van der Waals surface area contributed by atoms with Crippen LogP contribution in [0.3, 0.4) is 0 Å². The minimum Gasteiger partial charge on any atom is -0.337 e. The van der Waals surface area contributed by atoms with Crippen LogP contribution in [0.5, 0.6) is 0 Å². The number of aryl methyl sites for hydroxylation is 1. The van der Waals surface area contributed by atoms with Crippen LogP contribution in [-0.4, -0.2) is 48.6 Å². The summed E-state index contributed by atoms with van der Waals surface area (Å²) in [5.41, 5.74) is 3.67. The summed E-state index contributed by atoms with van der Waals surface area (Å²) in [4.78, 5) is 23.2. The van der Waals surface area contributed by atoms with Crippen molar-refractivity contribution in [3.63, 3.8) is 0 Å². The first-order valence-electron chi connectivity index (χ1n) is 10.5. The minimum atomic E-state index is 0.0399. The van der Waals surface area contributed by atoms with Crippen LogP contribution in [0.1, 0.15) is 33.9 Å². The maximum Gasteiger partial charge on any atom is 0.273 e. The van der Waals surface area contributed by atoms with Crippen molar-refractivity contribution in [1.82, 2.24) is 29.6 Å². The van der Waals surface area contributed by atoms with Gasteiger partial charge in [-0.2, -0.15) is 0 Å². The van der Waals surface area contributed by atoms with Crippen LogP contribution < -0.4 is 0 Å². The van der Waals surface area contributed by atoms with Crippen molar-refractivity contribution in [2.24, 2.45) is 0 Å². The lowest BCUT2D eigenvalue weighted by molar-refractivity contribution is 0.0787. The number of pyridine rings is 1. The molecule has 1 amide bonds. The maximum atomic E-state index is 12.6. The second kappa shape index (κ2) is 9.22. The van der Waals surface area contributed by atoms with E-state index in [9.17, 15) is 4.79 Å². The van der Waals surface area contributed by atoms with Crippen LogP contribution in [0.2, 0.25) is 0 Å². The van der Waals surface area contributed by atoms with Crippen LogP contribution in [0.25, 0.3) is 17.1 Å². The van der Waals surface area contributed by atoms with E-state index >= 15 is 0 Å². The first kappa shape index (κ1) is 20.8. The zero-order valence-corrected chi connectivity index (χ0v) is 19.3. The summed E-state index contributed by atoms with van der Waals surface area (Å²) in [5, 5.41) is 12.5. The highest BCUT2D eigenvalue weighted by atomic mass is 32.2. The molecule has 162 valence electrons. The average Bonchev–Trinajstić information content (AvgIpc) is 3.59. The number of para-hydroxylation sites is 1. The molecule has 1 aliphatic rings. The molecule has 1 aliphatic heterocycles. The molecule has 0 atom stereocenters. The molecule has 1 fully saturated rings. The highest BCUT2D eigenvalue weighted by Gasteiger charge is 2.22. The Hall–Kier alpha value is -3.04. The predicted molar refractivity (Wildman–Crippen MR) is 126 cm³/mol. The van der Waals surface area contributed by atoms with E-state index in [1.54, 1.807) is 24.2 Å². The number of thioether (sulfide) groups is 1. The standard InChI is InChI=1S/C23H22N6OS2/c1-16-6-2-3-7-19(16)29-21(17-8-10-24-11-9-17)26-27-23(29)32-15-20-25-18(14-31-20)22(30)28-12-4-5-13-28/h2-3,6-11,14H,4-5,12-13,15H2,1H3. The van der Waals surface area contributed by atoms with Gasteiger partial charge in [0.05, 0.1) is 11.4 Å². The summed E-state index contributed by atoms with van der Waals surface area (Å²) in [7, 11) is 0. The molecule has 0 bridgehead atoms. The fourth-order valence-corrected chi connectivity index (χ4v) is 5.50. The number of benzene rings is 1. The SMILES string of the molecule is Cc1ccccc1-n1c(SCc2nc(C(=O)N3CCCC3)cs2)nnc1-c1ccncc1. The van der Waals surface area contributed by atoms with E-state index in [2.05, 4.69) is 43.8 Å². The summed E-state index contributed by atoms with van der Waals surface area (Å²) in [6.45, 7) is 3.74. The lowest BCUT2D eigenvalue weighted by Gasteiger charge is -2.13. The van der Waals surface area contributed by atoms with E-state index in [1.165, 1.54) is 11.3 Å². The molecule has 0 aliphatic carbocycles. The molecular weight excluding hydrogens is 440 g/mol. The first-order valence-corrected chi connectivity index (χ1v) is 12.4. The van der Waals surface area contributed by atoms with E-state index < -0.39 is 0 Å². The van der Waals surface area contributed by atoms with Gasteiger partial charge >= 0.3 is 0 Å². The van der Waals surface area contributed by atoms with E-state index in [-0.39, 0.29) is 5.91 Å². The van der Waals surface area contributed by atoms with Gasteiger partial charge in [0.1, 0.15) is 10.7 Å². The van der Waals surface area contributed by atoms with E-state index in [0.29, 0.717) is 11.4 Å². The average molecular weight is 463 g/mol. The van der Waals surface area contributed by atoms with Gasteiger partial charge in [-0.05, 0) is 43.5 Å². The number of aromatic nitrogens is 5. The Balaban J connectivity index is 1.41.